The standard InChI is InChI=1S/C16H14N6/c1-2-4-13-12(3-1)14-15(19-13)20-16(22-21-14)18-10-7-11-5-8-17-9-6-11/h1-6,8-9H,7,10H2,(H2,18,19,20,22). The van der Waals surface area contributed by atoms with Crippen LogP contribution in [-0.4, -0.2) is 31.7 Å². The lowest BCUT2D eigenvalue weighted by atomic mass is 10.2. The number of aromatic amines is 1. The molecule has 1 aromatic carbocycles. The molecule has 3 aromatic heterocycles. The highest BCUT2D eigenvalue weighted by Gasteiger charge is 2.08. The fourth-order valence-corrected chi connectivity index (χ4v) is 2.46. The van der Waals surface area contributed by atoms with E-state index in [1.807, 2.05) is 36.4 Å². The Balaban J connectivity index is 1.54. The Morgan fingerprint density at radius 3 is 2.77 bits per heavy atom. The number of hydrogen-bond donors (Lipinski definition) is 2. The van der Waals surface area contributed by atoms with Crippen LogP contribution in [0.2, 0.25) is 0 Å². The molecular formula is C16H14N6. The number of nitrogens with one attached hydrogen (secondary N) is 2. The van der Waals surface area contributed by atoms with Crippen molar-refractivity contribution in [3.8, 4) is 0 Å². The van der Waals surface area contributed by atoms with Gasteiger partial charge in [0.1, 0.15) is 5.52 Å². The summed E-state index contributed by atoms with van der Waals surface area (Å²) in [6, 6.07) is 12.0. The van der Waals surface area contributed by atoms with E-state index in [1.54, 1.807) is 12.4 Å². The maximum absolute atomic E-state index is 4.49. The minimum atomic E-state index is 0.535. The van der Waals surface area contributed by atoms with Gasteiger partial charge in [0.05, 0.1) is 0 Å². The van der Waals surface area contributed by atoms with Crippen molar-refractivity contribution in [1.29, 1.82) is 0 Å². The summed E-state index contributed by atoms with van der Waals surface area (Å²) in [6.45, 7) is 0.747. The van der Waals surface area contributed by atoms with Gasteiger partial charge in [0.15, 0.2) is 5.65 Å². The van der Waals surface area contributed by atoms with Crippen LogP contribution in [0.4, 0.5) is 5.95 Å². The highest BCUT2D eigenvalue weighted by Crippen LogP contribution is 2.21. The summed E-state index contributed by atoms with van der Waals surface area (Å²) in [4.78, 5) is 11.8. The second-order valence-corrected chi connectivity index (χ2v) is 5.04. The van der Waals surface area contributed by atoms with Crippen LogP contribution in [0, 0.1) is 0 Å². The molecule has 108 valence electrons. The van der Waals surface area contributed by atoms with Crippen LogP contribution in [0.5, 0.6) is 0 Å². The van der Waals surface area contributed by atoms with Crippen molar-refractivity contribution < 1.29 is 0 Å². The summed E-state index contributed by atoms with van der Waals surface area (Å²) in [5, 5.41) is 12.7. The van der Waals surface area contributed by atoms with E-state index in [0.717, 1.165) is 35.0 Å². The Hall–Kier alpha value is -3.02. The summed E-state index contributed by atoms with van der Waals surface area (Å²) in [7, 11) is 0. The highest BCUT2D eigenvalue weighted by molar-refractivity contribution is 6.03. The van der Waals surface area contributed by atoms with E-state index in [4.69, 9.17) is 0 Å². The van der Waals surface area contributed by atoms with Crippen molar-refractivity contribution in [2.75, 3.05) is 11.9 Å². The highest BCUT2D eigenvalue weighted by atomic mass is 15.2. The van der Waals surface area contributed by atoms with E-state index in [2.05, 4.69) is 30.5 Å². The number of pyridine rings is 1. The van der Waals surface area contributed by atoms with Crippen LogP contribution >= 0.6 is 0 Å². The zero-order chi connectivity index (χ0) is 14.8. The number of rotatable bonds is 4. The molecule has 0 spiro atoms. The minimum Gasteiger partial charge on any atom is -0.353 e. The normalized spacial score (nSPS) is 11.1. The smallest absolute Gasteiger partial charge is 0.244 e. The topological polar surface area (TPSA) is 79.4 Å². The average molecular weight is 290 g/mol. The van der Waals surface area contributed by atoms with E-state index < -0.39 is 0 Å². The molecule has 0 saturated carbocycles. The van der Waals surface area contributed by atoms with Crippen LogP contribution < -0.4 is 5.32 Å². The molecule has 2 N–H and O–H groups in total. The molecule has 0 aliphatic rings. The number of benzene rings is 1. The Labute approximate surface area is 126 Å². The van der Waals surface area contributed by atoms with Gasteiger partial charge in [-0.25, -0.2) is 0 Å². The van der Waals surface area contributed by atoms with Crippen molar-refractivity contribution in [3.63, 3.8) is 0 Å². The van der Waals surface area contributed by atoms with E-state index in [1.165, 1.54) is 5.56 Å². The number of para-hydroxylation sites is 1. The lowest BCUT2D eigenvalue weighted by Crippen LogP contribution is -2.08. The molecule has 0 radical (unpaired) electrons. The predicted molar refractivity (Wildman–Crippen MR) is 85.6 cm³/mol. The van der Waals surface area contributed by atoms with Gasteiger partial charge in [-0.05, 0) is 30.2 Å². The third kappa shape index (κ3) is 2.35. The van der Waals surface area contributed by atoms with Crippen molar-refractivity contribution in [1.82, 2.24) is 25.1 Å². The lowest BCUT2D eigenvalue weighted by Gasteiger charge is -2.03. The zero-order valence-electron chi connectivity index (χ0n) is 11.8. The number of hydrogen-bond acceptors (Lipinski definition) is 5. The van der Waals surface area contributed by atoms with Gasteiger partial charge in [-0.1, -0.05) is 18.2 Å². The summed E-state index contributed by atoms with van der Waals surface area (Å²) in [6.07, 6.45) is 4.48. The van der Waals surface area contributed by atoms with E-state index in [0.29, 0.717) is 5.95 Å². The van der Waals surface area contributed by atoms with Crippen molar-refractivity contribution in [2.24, 2.45) is 0 Å². The quantitative estimate of drug-likeness (QED) is 0.604. The van der Waals surface area contributed by atoms with Crippen LogP contribution in [0.3, 0.4) is 0 Å². The van der Waals surface area contributed by atoms with Crippen molar-refractivity contribution in [2.45, 2.75) is 6.42 Å². The summed E-state index contributed by atoms with van der Waals surface area (Å²) < 4.78 is 0. The molecule has 0 bridgehead atoms. The third-order valence-corrected chi connectivity index (χ3v) is 3.57. The first kappa shape index (κ1) is 12.7. The first-order valence-electron chi connectivity index (χ1n) is 7.14. The molecule has 6 heteroatoms. The van der Waals surface area contributed by atoms with Gasteiger partial charge < -0.3 is 10.3 Å². The largest absolute Gasteiger partial charge is 0.353 e. The third-order valence-electron chi connectivity index (χ3n) is 3.57. The SMILES string of the molecule is c1ccc2c(c1)[nH]c1nc(NCCc3ccncc3)nnc12. The van der Waals surface area contributed by atoms with Crippen LogP contribution in [0.1, 0.15) is 5.56 Å². The lowest BCUT2D eigenvalue weighted by molar-refractivity contribution is 0.949. The van der Waals surface area contributed by atoms with E-state index in [9.17, 15) is 0 Å². The van der Waals surface area contributed by atoms with Gasteiger partial charge in [0, 0.05) is 29.8 Å². The Bertz CT molecular complexity index is 916. The number of anilines is 1. The van der Waals surface area contributed by atoms with Gasteiger partial charge in [0.25, 0.3) is 0 Å². The molecule has 0 unspecified atom stereocenters. The molecular weight excluding hydrogens is 276 g/mol. The molecule has 3 heterocycles. The summed E-state index contributed by atoms with van der Waals surface area (Å²) in [5.41, 5.74) is 3.80. The molecule has 0 aliphatic carbocycles. The molecule has 0 aliphatic heterocycles. The predicted octanol–water partition coefficient (Wildman–Crippen LogP) is 2.56. The first-order chi connectivity index (χ1) is 10.9. The summed E-state index contributed by atoms with van der Waals surface area (Å²) >= 11 is 0. The molecule has 4 aromatic rings. The van der Waals surface area contributed by atoms with Crippen LogP contribution in [0.15, 0.2) is 48.8 Å². The zero-order valence-corrected chi connectivity index (χ0v) is 11.8. The monoisotopic (exact) mass is 290 g/mol. The Morgan fingerprint density at radius 2 is 1.86 bits per heavy atom. The summed E-state index contributed by atoms with van der Waals surface area (Å²) in [5.74, 6) is 0.535. The van der Waals surface area contributed by atoms with Crippen molar-refractivity contribution in [3.05, 3.63) is 54.4 Å². The minimum absolute atomic E-state index is 0.535. The van der Waals surface area contributed by atoms with Gasteiger partial charge in [-0.15, -0.1) is 10.2 Å². The number of nitrogens with zero attached hydrogens (tertiary/aromatic N) is 4. The van der Waals surface area contributed by atoms with Crippen LogP contribution in [0.25, 0.3) is 22.1 Å². The number of aromatic nitrogens is 5. The molecule has 0 fully saturated rings. The number of H-pyrrole nitrogens is 1. The maximum atomic E-state index is 4.49. The van der Waals surface area contributed by atoms with Gasteiger partial charge >= 0.3 is 0 Å². The Morgan fingerprint density at radius 1 is 1.00 bits per heavy atom. The number of fused-ring (bicyclic) bond motifs is 3. The van der Waals surface area contributed by atoms with Crippen LogP contribution in [-0.2, 0) is 6.42 Å². The van der Waals surface area contributed by atoms with Gasteiger partial charge in [-0.3, -0.25) is 4.98 Å². The Kier molecular flexibility index (Phi) is 3.12. The second kappa shape index (κ2) is 5.40. The molecule has 0 amide bonds. The molecule has 4 rings (SSSR count). The molecule has 22 heavy (non-hydrogen) atoms. The molecule has 0 atom stereocenters. The fraction of sp³-hybridized carbons (Fsp3) is 0.125. The van der Waals surface area contributed by atoms with Gasteiger partial charge in [0.2, 0.25) is 5.95 Å². The van der Waals surface area contributed by atoms with Gasteiger partial charge in [-0.2, -0.15) is 4.98 Å². The first-order valence-corrected chi connectivity index (χ1v) is 7.14. The van der Waals surface area contributed by atoms with E-state index in [-0.39, 0.29) is 0 Å². The fourth-order valence-electron chi connectivity index (χ4n) is 2.46. The van der Waals surface area contributed by atoms with Crippen molar-refractivity contribution >= 4 is 28.0 Å². The molecule has 0 saturated heterocycles. The average Bonchev–Trinajstić information content (AvgIpc) is 2.93. The molecule has 6 nitrogen and oxygen atoms in total. The maximum Gasteiger partial charge on any atom is 0.244 e. The van der Waals surface area contributed by atoms with E-state index >= 15 is 0 Å². The second-order valence-electron chi connectivity index (χ2n) is 5.04.